The number of likely N-dealkylation sites (tertiary alicyclic amines) is 1. The fraction of sp³-hybridized carbons (Fsp3) is 0.889. The molecule has 144 valence electrons. The molecule has 2 aliphatic rings. The Kier molecular flexibility index (Phi) is 8.48. The van der Waals surface area contributed by atoms with Crippen LogP contribution in [0.1, 0.15) is 33.1 Å². The summed E-state index contributed by atoms with van der Waals surface area (Å²) in [7, 11) is 1.72. The first-order chi connectivity index (χ1) is 12.2. The molecule has 1 N–H and O–H groups in total. The predicted molar refractivity (Wildman–Crippen MR) is 101 cm³/mol. The average Bonchev–Trinajstić information content (AvgIpc) is 3.18. The van der Waals surface area contributed by atoms with Gasteiger partial charge in [-0.1, -0.05) is 0 Å². The molecule has 0 saturated carbocycles. The highest BCUT2D eigenvalue weighted by Gasteiger charge is 2.30. The van der Waals surface area contributed by atoms with Crippen LogP contribution in [-0.2, 0) is 9.53 Å². The molecule has 1 atom stereocenters. The van der Waals surface area contributed by atoms with Crippen LogP contribution in [0.4, 0.5) is 0 Å². The fourth-order valence-corrected chi connectivity index (χ4v) is 3.50. The minimum absolute atomic E-state index is 0.0125. The van der Waals surface area contributed by atoms with E-state index in [4.69, 9.17) is 9.73 Å². The van der Waals surface area contributed by atoms with Crippen LogP contribution in [0.25, 0.3) is 0 Å². The Morgan fingerprint density at radius 1 is 1.12 bits per heavy atom. The van der Waals surface area contributed by atoms with Gasteiger partial charge in [-0.2, -0.15) is 0 Å². The van der Waals surface area contributed by atoms with E-state index in [2.05, 4.69) is 29.0 Å². The molecule has 0 spiro atoms. The maximum absolute atomic E-state index is 12.6. The minimum atomic E-state index is -0.0125. The van der Waals surface area contributed by atoms with Crippen LogP contribution in [0, 0.1) is 0 Å². The Bertz CT molecular complexity index is 429. The summed E-state index contributed by atoms with van der Waals surface area (Å²) in [6.07, 6.45) is 3.24. The van der Waals surface area contributed by atoms with Gasteiger partial charge in [-0.25, -0.2) is 0 Å². The van der Waals surface area contributed by atoms with E-state index in [-0.39, 0.29) is 6.04 Å². The molecular weight excluding hydrogens is 318 g/mol. The number of nitrogens with one attached hydrogen (secondary N) is 1. The van der Waals surface area contributed by atoms with Gasteiger partial charge < -0.3 is 19.9 Å². The van der Waals surface area contributed by atoms with Crippen molar-refractivity contribution < 1.29 is 9.53 Å². The topological polar surface area (TPSA) is 60.4 Å². The summed E-state index contributed by atoms with van der Waals surface area (Å²) in [6.45, 7) is 12.0. The lowest BCUT2D eigenvalue weighted by Crippen LogP contribution is -2.57. The molecule has 0 bridgehead atoms. The number of carbonyl (C=O) groups is 1. The third-order valence-electron chi connectivity index (χ3n) is 5.04. The van der Waals surface area contributed by atoms with E-state index in [0.717, 1.165) is 84.2 Å². The third kappa shape index (κ3) is 5.85. The largest absolute Gasteiger partial charge is 0.385 e. The number of rotatable bonds is 7. The van der Waals surface area contributed by atoms with E-state index in [1.54, 1.807) is 7.11 Å². The van der Waals surface area contributed by atoms with Gasteiger partial charge in [0.2, 0.25) is 5.91 Å². The van der Waals surface area contributed by atoms with Gasteiger partial charge in [0.1, 0.15) is 0 Å². The summed E-state index contributed by atoms with van der Waals surface area (Å²) >= 11 is 0. The predicted octanol–water partition coefficient (Wildman–Crippen LogP) is 0.617. The second kappa shape index (κ2) is 10.6. The molecule has 25 heavy (non-hydrogen) atoms. The number of methoxy groups -OCH3 is 1. The molecule has 0 radical (unpaired) electrons. The van der Waals surface area contributed by atoms with Crippen LogP contribution in [0.15, 0.2) is 4.99 Å². The summed E-state index contributed by atoms with van der Waals surface area (Å²) in [6, 6.07) is -0.0125. The Morgan fingerprint density at radius 3 is 2.40 bits per heavy atom. The number of aliphatic imine (C=N–C) groups is 1. The van der Waals surface area contributed by atoms with Crippen molar-refractivity contribution >= 4 is 11.9 Å². The van der Waals surface area contributed by atoms with E-state index >= 15 is 0 Å². The third-order valence-corrected chi connectivity index (χ3v) is 5.04. The Morgan fingerprint density at radius 2 is 1.80 bits per heavy atom. The molecule has 0 aliphatic carbocycles. The first kappa shape index (κ1) is 20.0. The molecule has 0 aromatic heterocycles. The first-order valence-electron chi connectivity index (χ1n) is 9.72. The molecule has 2 saturated heterocycles. The van der Waals surface area contributed by atoms with Gasteiger partial charge in [-0.05, 0) is 33.1 Å². The maximum atomic E-state index is 12.6. The van der Waals surface area contributed by atoms with Crippen molar-refractivity contribution in [3.63, 3.8) is 0 Å². The molecular formula is C18H35N5O2. The second-order valence-electron chi connectivity index (χ2n) is 6.81. The van der Waals surface area contributed by atoms with E-state index in [9.17, 15) is 4.79 Å². The molecule has 1 unspecified atom stereocenters. The quantitative estimate of drug-likeness (QED) is 0.413. The maximum Gasteiger partial charge on any atom is 0.239 e. The summed E-state index contributed by atoms with van der Waals surface area (Å²) in [4.78, 5) is 23.9. The van der Waals surface area contributed by atoms with Crippen LogP contribution in [-0.4, -0.2) is 98.7 Å². The van der Waals surface area contributed by atoms with Gasteiger partial charge in [0.15, 0.2) is 5.96 Å². The lowest BCUT2D eigenvalue weighted by molar-refractivity contribution is -0.135. The van der Waals surface area contributed by atoms with Crippen LogP contribution in [0.2, 0.25) is 0 Å². The summed E-state index contributed by atoms with van der Waals surface area (Å²) in [5, 5.41) is 3.38. The molecule has 1 amide bonds. The SMILES string of the molecule is CCNC(=NCCCOC)N1CCN(C(C)C(=O)N2CCCC2)CC1. The Hall–Kier alpha value is -1.34. The number of guanidine groups is 1. The summed E-state index contributed by atoms with van der Waals surface area (Å²) in [5.74, 6) is 1.28. The zero-order valence-corrected chi connectivity index (χ0v) is 16.2. The van der Waals surface area contributed by atoms with Crippen molar-refractivity contribution in [3.8, 4) is 0 Å². The van der Waals surface area contributed by atoms with Crippen molar-refractivity contribution in [3.05, 3.63) is 0 Å². The lowest BCUT2D eigenvalue weighted by Gasteiger charge is -2.39. The molecule has 2 heterocycles. The van der Waals surface area contributed by atoms with Crippen molar-refractivity contribution in [2.75, 3.05) is 66.1 Å². The minimum Gasteiger partial charge on any atom is -0.385 e. The van der Waals surface area contributed by atoms with E-state index in [0.29, 0.717) is 5.91 Å². The molecule has 7 nitrogen and oxygen atoms in total. The molecule has 7 heteroatoms. The highest BCUT2D eigenvalue weighted by Crippen LogP contribution is 2.14. The molecule has 2 rings (SSSR count). The van der Waals surface area contributed by atoms with Crippen LogP contribution in [0.5, 0.6) is 0 Å². The molecule has 2 aliphatic heterocycles. The smallest absolute Gasteiger partial charge is 0.239 e. The van der Waals surface area contributed by atoms with Crippen molar-refractivity contribution in [1.82, 2.24) is 20.0 Å². The molecule has 0 aromatic carbocycles. The zero-order valence-electron chi connectivity index (χ0n) is 16.2. The van der Waals surface area contributed by atoms with Crippen LogP contribution < -0.4 is 5.32 Å². The number of ether oxygens (including phenoxy) is 1. The number of hydrogen-bond donors (Lipinski definition) is 1. The van der Waals surface area contributed by atoms with E-state index < -0.39 is 0 Å². The highest BCUT2D eigenvalue weighted by molar-refractivity contribution is 5.82. The van der Waals surface area contributed by atoms with Gasteiger partial charge in [-0.15, -0.1) is 0 Å². The van der Waals surface area contributed by atoms with Crippen molar-refractivity contribution in [2.45, 2.75) is 39.2 Å². The average molecular weight is 354 g/mol. The Labute approximate surface area is 152 Å². The second-order valence-corrected chi connectivity index (χ2v) is 6.81. The van der Waals surface area contributed by atoms with Crippen LogP contribution in [0.3, 0.4) is 0 Å². The zero-order chi connectivity index (χ0) is 18.1. The number of amides is 1. The Balaban J connectivity index is 1.82. The monoisotopic (exact) mass is 353 g/mol. The van der Waals surface area contributed by atoms with E-state index in [1.165, 1.54) is 0 Å². The molecule has 0 aromatic rings. The van der Waals surface area contributed by atoms with Gasteiger partial charge in [-0.3, -0.25) is 14.7 Å². The van der Waals surface area contributed by atoms with Gasteiger partial charge >= 0.3 is 0 Å². The van der Waals surface area contributed by atoms with Gasteiger partial charge in [0.05, 0.1) is 6.04 Å². The normalized spacial score (nSPS) is 20.8. The number of hydrogen-bond acceptors (Lipinski definition) is 4. The van der Waals surface area contributed by atoms with Crippen molar-refractivity contribution in [1.29, 1.82) is 0 Å². The number of piperazine rings is 1. The fourth-order valence-electron chi connectivity index (χ4n) is 3.50. The van der Waals surface area contributed by atoms with Gasteiger partial charge in [0, 0.05) is 66.1 Å². The van der Waals surface area contributed by atoms with Crippen molar-refractivity contribution in [2.24, 2.45) is 4.99 Å². The first-order valence-corrected chi connectivity index (χ1v) is 9.72. The van der Waals surface area contributed by atoms with Gasteiger partial charge in [0.25, 0.3) is 0 Å². The number of nitrogens with zero attached hydrogens (tertiary/aromatic N) is 4. The standard InChI is InChI=1S/C18H35N5O2/c1-4-19-18(20-8-7-15-25-3)23-13-11-21(12-14-23)16(2)17(24)22-9-5-6-10-22/h16H,4-15H2,1-3H3,(H,19,20). The van der Waals surface area contributed by atoms with E-state index in [1.807, 2.05) is 4.90 Å². The summed E-state index contributed by atoms with van der Waals surface area (Å²) in [5.41, 5.74) is 0. The number of carbonyl (C=O) groups excluding carboxylic acids is 1. The highest BCUT2D eigenvalue weighted by atomic mass is 16.5. The summed E-state index contributed by atoms with van der Waals surface area (Å²) < 4.78 is 5.09. The lowest BCUT2D eigenvalue weighted by atomic mass is 10.2. The molecule has 2 fully saturated rings. The van der Waals surface area contributed by atoms with Crippen LogP contribution >= 0.6 is 0 Å².